The van der Waals surface area contributed by atoms with Crippen LogP contribution >= 0.6 is 0 Å². The molecule has 1 aromatic rings. The van der Waals surface area contributed by atoms with Crippen molar-refractivity contribution in [1.29, 1.82) is 0 Å². The van der Waals surface area contributed by atoms with E-state index in [0.29, 0.717) is 12.3 Å². The molecule has 0 radical (unpaired) electrons. The highest BCUT2D eigenvalue weighted by Crippen LogP contribution is 2.24. The van der Waals surface area contributed by atoms with Crippen molar-refractivity contribution in [3.63, 3.8) is 0 Å². The van der Waals surface area contributed by atoms with Crippen molar-refractivity contribution in [2.75, 3.05) is 19.0 Å². The van der Waals surface area contributed by atoms with Gasteiger partial charge >= 0.3 is 6.61 Å². The smallest absolute Gasteiger partial charge is 0.387 e. The van der Waals surface area contributed by atoms with Crippen LogP contribution in [0.1, 0.15) is 13.8 Å². The van der Waals surface area contributed by atoms with Gasteiger partial charge in [0.2, 0.25) is 0 Å². The molecule has 0 fully saturated rings. The van der Waals surface area contributed by atoms with Crippen molar-refractivity contribution in [2.24, 2.45) is 5.92 Å². The van der Waals surface area contributed by atoms with E-state index in [2.05, 4.69) is 10.1 Å². The zero-order valence-electron chi connectivity index (χ0n) is 11.1. The topological polar surface area (TPSA) is 30.5 Å². The van der Waals surface area contributed by atoms with Gasteiger partial charge < -0.3 is 14.8 Å². The van der Waals surface area contributed by atoms with Crippen LogP contribution in [0, 0.1) is 11.7 Å². The molecule has 0 saturated heterocycles. The van der Waals surface area contributed by atoms with E-state index in [9.17, 15) is 13.2 Å². The Kier molecular flexibility index (Phi) is 5.95. The summed E-state index contributed by atoms with van der Waals surface area (Å²) in [6, 6.07) is 3.80. The number of nitrogens with one attached hydrogen (secondary N) is 1. The minimum Gasteiger partial charge on any atom is -0.432 e. The van der Waals surface area contributed by atoms with Crippen molar-refractivity contribution < 1.29 is 22.6 Å². The summed E-state index contributed by atoms with van der Waals surface area (Å²) >= 11 is 0. The Morgan fingerprint density at radius 2 is 1.95 bits per heavy atom. The largest absolute Gasteiger partial charge is 0.432 e. The zero-order valence-corrected chi connectivity index (χ0v) is 11.1. The molecular formula is C13H18F3NO2. The molecule has 0 aliphatic heterocycles. The van der Waals surface area contributed by atoms with Crippen LogP contribution in [0.4, 0.5) is 18.9 Å². The number of rotatable bonds is 7. The van der Waals surface area contributed by atoms with E-state index < -0.39 is 18.2 Å². The highest BCUT2D eigenvalue weighted by Gasteiger charge is 2.15. The van der Waals surface area contributed by atoms with Gasteiger partial charge in [0, 0.05) is 18.9 Å². The molecule has 0 heterocycles. The SMILES string of the molecule is COCC(Nc1ccc(OC(F)F)c(F)c1)C(C)C. The molecule has 19 heavy (non-hydrogen) atoms. The van der Waals surface area contributed by atoms with Crippen LogP contribution in [-0.4, -0.2) is 26.4 Å². The van der Waals surface area contributed by atoms with Gasteiger partial charge in [0.1, 0.15) is 0 Å². The van der Waals surface area contributed by atoms with Crippen molar-refractivity contribution in [1.82, 2.24) is 0 Å². The maximum Gasteiger partial charge on any atom is 0.387 e. The quantitative estimate of drug-likeness (QED) is 0.827. The second-order valence-corrected chi connectivity index (χ2v) is 4.47. The number of hydrogen-bond donors (Lipinski definition) is 1. The summed E-state index contributed by atoms with van der Waals surface area (Å²) in [7, 11) is 1.58. The van der Waals surface area contributed by atoms with Crippen LogP contribution < -0.4 is 10.1 Å². The maximum atomic E-state index is 13.5. The highest BCUT2D eigenvalue weighted by molar-refractivity contribution is 5.48. The van der Waals surface area contributed by atoms with E-state index in [-0.39, 0.29) is 12.0 Å². The molecule has 1 rings (SSSR count). The average molecular weight is 277 g/mol. The van der Waals surface area contributed by atoms with Gasteiger partial charge in [-0.05, 0) is 18.1 Å². The molecule has 0 aliphatic rings. The summed E-state index contributed by atoms with van der Waals surface area (Å²) in [6.07, 6.45) is 0. The third-order valence-electron chi connectivity index (χ3n) is 2.65. The van der Waals surface area contributed by atoms with Crippen LogP contribution in [0.3, 0.4) is 0 Å². The Morgan fingerprint density at radius 3 is 2.42 bits per heavy atom. The van der Waals surface area contributed by atoms with E-state index in [1.54, 1.807) is 7.11 Å². The lowest BCUT2D eigenvalue weighted by Crippen LogP contribution is -2.30. The molecule has 1 aromatic carbocycles. The normalized spacial score (nSPS) is 12.8. The summed E-state index contributed by atoms with van der Waals surface area (Å²) in [5.74, 6) is -1.02. The second kappa shape index (κ2) is 7.23. The molecule has 3 nitrogen and oxygen atoms in total. The fourth-order valence-corrected chi connectivity index (χ4v) is 1.58. The fraction of sp³-hybridized carbons (Fsp3) is 0.538. The fourth-order valence-electron chi connectivity index (χ4n) is 1.58. The lowest BCUT2D eigenvalue weighted by Gasteiger charge is -2.23. The van der Waals surface area contributed by atoms with Gasteiger partial charge in [-0.1, -0.05) is 13.8 Å². The van der Waals surface area contributed by atoms with Gasteiger partial charge in [-0.3, -0.25) is 0 Å². The Labute approximate surface area is 110 Å². The summed E-state index contributed by atoms with van der Waals surface area (Å²) in [6.45, 7) is 1.43. The first-order valence-corrected chi connectivity index (χ1v) is 5.94. The van der Waals surface area contributed by atoms with Crippen molar-refractivity contribution in [3.05, 3.63) is 24.0 Å². The van der Waals surface area contributed by atoms with Crippen molar-refractivity contribution in [2.45, 2.75) is 26.5 Å². The predicted molar refractivity (Wildman–Crippen MR) is 67.2 cm³/mol. The summed E-state index contributed by atoms with van der Waals surface area (Å²) in [5, 5.41) is 3.09. The lowest BCUT2D eigenvalue weighted by atomic mass is 10.1. The van der Waals surface area contributed by atoms with Gasteiger partial charge in [0.05, 0.1) is 12.6 Å². The molecule has 0 spiro atoms. The number of methoxy groups -OCH3 is 1. The van der Waals surface area contributed by atoms with Crippen LogP contribution in [0.2, 0.25) is 0 Å². The van der Waals surface area contributed by atoms with E-state index in [4.69, 9.17) is 4.74 Å². The minimum absolute atomic E-state index is 0.00580. The number of ether oxygens (including phenoxy) is 2. The van der Waals surface area contributed by atoms with Gasteiger partial charge in [-0.2, -0.15) is 8.78 Å². The first-order valence-electron chi connectivity index (χ1n) is 5.94. The monoisotopic (exact) mass is 277 g/mol. The number of alkyl halides is 2. The number of hydrogen-bond acceptors (Lipinski definition) is 3. The molecule has 108 valence electrons. The molecule has 0 aromatic heterocycles. The molecule has 0 bridgehead atoms. The maximum absolute atomic E-state index is 13.5. The molecule has 1 N–H and O–H groups in total. The predicted octanol–water partition coefficient (Wildman–Crippen LogP) is 3.51. The standard InChI is InChI=1S/C13H18F3NO2/c1-8(2)11(7-18-3)17-9-4-5-12(10(14)6-9)19-13(15)16/h4-6,8,11,13,17H,7H2,1-3H3. The lowest BCUT2D eigenvalue weighted by molar-refractivity contribution is -0.0521. The van der Waals surface area contributed by atoms with Crippen LogP contribution in [0.15, 0.2) is 18.2 Å². The van der Waals surface area contributed by atoms with Crippen molar-refractivity contribution in [3.8, 4) is 5.75 Å². The third-order valence-corrected chi connectivity index (χ3v) is 2.65. The van der Waals surface area contributed by atoms with Gasteiger partial charge in [0.25, 0.3) is 0 Å². The summed E-state index contributed by atoms with van der Waals surface area (Å²) in [5.41, 5.74) is 0.495. The highest BCUT2D eigenvalue weighted by atomic mass is 19.3. The summed E-state index contributed by atoms with van der Waals surface area (Å²) in [4.78, 5) is 0. The third kappa shape index (κ3) is 4.98. The molecular weight excluding hydrogens is 259 g/mol. The average Bonchev–Trinajstić information content (AvgIpc) is 2.31. The number of benzene rings is 1. The van der Waals surface area contributed by atoms with Gasteiger partial charge in [-0.15, -0.1) is 0 Å². The van der Waals surface area contributed by atoms with E-state index in [1.807, 2.05) is 13.8 Å². The second-order valence-electron chi connectivity index (χ2n) is 4.47. The van der Waals surface area contributed by atoms with Crippen molar-refractivity contribution >= 4 is 5.69 Å². The minimum atomic E-state index is -3.04. The van der Waals surface area contributed by atoms with Crippen LogP contribution in [0.25, 0.3) is 0 Å². The van der Waals surface area contributed by atoms with E-state index in [1.165, 1.54) is 12.1 Å². The summed E-state index contributed by atoms with van der Waals surface area (Å²) < 4.78 is 46.6. The molecule has 6 heteroatoms. The first kappa shape index (κ1) is 15.6. The molecule has 1 unspecified atom stereocenters. The Hall–Kier alpha value is -1.43. The molecule has 1 atom stereocenters. The number of halogens is 3. The first-order chi connectivity index (χ1) is 8.93. The Balaban J connectivity index is 2.76. The molecule has 0 saturated carbocycles. The number of anilines is 1. The molecule has 0 aliphatic carbocycles. The van der Waals surface area contributed by atoms with Gasteiger partial charge in [-0.25, -0.2) is 4.39 Å². The van der Waals surface area contributed by atoms with Gasteiger partial charge in [0.15, 0.2) is 11.6 Å². The Bertz CT molecular complexity index is 399. The van der Waals surface area contributed by atoms with E-state index >= 15 is 0 Å². The van der Waals surface area contributed by atoms with E-state index in [0.717, 1.165) is 6.07 Å². The zero-order chi connectivity index (χ0) is 14.4. The van der Waals surface area contributed by atoms with Crippen LogP contribution in [0.5, 0.6) is 5.75 Å². The molecule has 0 amide bonds. The van der Waals surface area contributed by atoms with Crippen LogP contribution in [-0.2, 0) is 4.74 Å². The Morgan fingerprint density at radius 1 is 1.26 bits per heavy atom.